The summed E-state index contributed by atoms with van der Waals surface area (Å²) in [5.74, 6) is -1.06. The molecule has 2 unspecified atom stereocenters. The molecular formula is C11H14ClFN4O. The quantitative estimate of drug-likeness (QED) is 0.825. The van der Waals surface area contributed by atoms with Gasteiger partial charge in [-0.3, -0.25) is 4.79 Å². The number of aromatic nitrogens is 2. The molecule has 1 aliphatic rings. The zero-order valence-electron chi connectivity index (χ0n) is 9.94. The highest BCUT2D eigenvalue weighted by atomic mass is 35.5. The molecule has 0 aromatic carbocycles. The molecule has 1 aromatic rings. The van der Waals surface area contributed by atoms with Crippen LogP contribution in [0.4, 0.5) is 10.2 Å². The van der Waals surface area contributed by atoms with E-state index in [1.54, 1.807) is 4.90 Å². The number of amides is 1. The van der Waals surface area contributed by atoms with Gasteiger partial charge in [-0.2, -0.15) is 4.98 Å². The average molecular weight is 273 g/mol. The van der Waals surface area contributed by atoms with Crippen molar-refractivity contribution < 1.29 is 9.18 Å². The van der Waals surface area contributed by atoms with Gasteiger partial charge in [0, 0.05) is 12.6 Å². The molecule has 0 spiro atoms. The van der Waals surface area contributed by atoms with Gasteiger partial charge in [0.15, 0.2) is 11.6 Å². The van der Waals surface area contributed by atoms with E-state index in [0.29, 0.717) is 13.0 Å². The van der Waals surface area contributed by atoms with Crippen molar-refractivity contribution in [2.45, 2.75) is 25.8 Å². The Hall–Kier alpha value is -1.43. The van der Waals surface area contributed by atoms with Crippen LogP contribution >= 0.6 is 11.6 Å². The van der Waals surface area contributed by atoms with E-state index in [9.17, 15) is 9.18 Å². The molecule has 7 heteroatoms. The van der Waals surface area contributed by atoms with Crippen molar-refractivity contribution in [3.63, 3.8) is 0 Å². The topological polar surface area (TPSA) is 72.1 Å². The van der Waals surface area contributed by atoms with E-state index in [1.165, 1.54) is 0 Å². The Morgan fingerprint density at radius 2 is 2.33 bits per heavy atom. The number of rotatable bonds is 2. The molecule has 2 N–H and O–H groups in total. The normalized spacial score (nSPS) is 24.1. The van der Waals surface area contributed by atoms with Crippen LogP contribution in [0.25, 0.3) is 0 Å². The first kappa shape index (κ1) is 13.0. The van der Waals surface area contributed by atoms with Gasteiger partial charge >= 0.3 is 0 Å². The van der Waals surface area contributed by atoms with Crippen LogP contribution in [0.2, 0.25) is 5.28 Å². The summed E-state index contributed by atoms with van der Waals surface area (Å²) in [5.41, 5.74) is 5.30. The second-order valence-corrected chi connectivity index (χ2v) is 4.83. The zero-order chi connectivity index (χ0) is 13.3. The summed E-state index contributed by atoms with van der Waals surface area (Å²) < 4.78 is 13.7. The van der Waals surface area contributed by atoms with Gasteiger partial charge in [0.25, 0.3) is 0 Å². The lowest BCUT2D eigenvalue weighted by atomic mass is 9.93. The van der Waals surface area contributed by atoms with E-state index < -0.39 is 5.82 Å². The molecule has 1 fully saturated rings. The number of carbonyl (C=O) groups is 1. The van der Waals surface area contributed by atoms with Crippen LogP contribution in [-0.4, -0.2) is 28.5 Å². The second-order valence-electron chi connectivity index (χ2n) is 4.49. The molecular weight excluding hydrogens is 259 g/mol. The van der Waals surface area contributed by atoms with Crippen LogP contribution < -0.4 is 10.6 Å². The van der Waals surface area contributed by atoms with Crippen molar-refractivity contribution in [1.29, 1.82) is 0 Å². The van der Waals surface area contributed by atoms with E-state index in [-0.39, 0.29) is 29.0 Å². The molecule has 18 heavy (non-hydrogen) atoms. The number of nitrogens with zero attached hydrogens (tertiary/aromatic N) is 3. The summed E-state index contributed by atoms with van der Waals surface area (Å²) in [6.07, 6.45) is 2.51. The van der Waals surface area contributed by atoms with Crippen LogP contribution in [0.3, 0.4) is 0 Å². The third-order valence-corrected chi connectivity index (χ3v) is 3.43. The van der Waals surface area contributed by atoms with Gasteiger partial charge in [0.2, 0.25) is 11.2 Å². The maximum absolute atomic E-state index is 13.7. The number of nitrogens with two attached hydrogens (primary N) is 1. The Bertz CT molecular complexity index is 470. The lowest BCUT2D eigenvalue weighted by Crippen LogP contribution is -2.46. The first-order chi connectivity index (χ1) is 8.49. The largest absolute Gasteiger partial charge is 0.369 e. The first-order valence-electron chi connectivity index (χ1n) is 5.73. The van der Waals surface area contributed by atoms with Gasteiger partial charge in [-0.25, -0.2) is 9.37 Å². The van der Waals surface area contributed by atoms with Gasteiger partial charge in [0.05, 0.1) is 12.1 Å². The van der Waals surface area contributed by atoms with E-state index >= 15 is 0 Å². The van der Waals surface area contributed by atoms with Crippen molar-refractivity contribution in [1.82, 2.24) is 9.97 Å². The average Bonchev–Trinajstić information content (AvgIpc) is 2.33. The zero-order valence-corrected chi connectivity index (χ0v) is 10.7. The first-order valence-corrected chi connectivity index (χ1v) is 6.11. The minimum Gasteiger partial charge on any atom is -0.369 e. The number of carbonyl (C=O) groups excluding carboxylic acids is 1. The molecule has 0 aliphatic carbocycles. The van der Waals surface area contributed by atoms with Gasteiger partial charge < -0.3 is 10.6 Å². The van der Waals surface area contributed by atoms with E-state index in [0.717, 1.165) is 12.6 Å². The highest BCUT2D eigenvalue weighted by Crippen LogP contribution is 2.28. The summed E-state index contributed by atoms with van der Waals surface area (Å²) in [6.45, 7) is 2.31. The van der Waals surface area contributed by atoms with Crippen LogP contribution in [0.15, 0.2) is 6.20 Å². The Kier molecular flexibility index (Phi) is 3.65. The Morgan fingerprint density at radius 1 is 1.61 bits per heavy atom. The standard InChI is InChI=1S/C11H14ClFN4O/c1-6-2-3-7(9(14)18)5-17(6)10-8(13)4-15-11(12)16-10/h4,6-7H,2-3,5H2,1H3,(H2,14,18). The predicted octanol–water partition coefficient (Wildman–Crippen LogP) is 1.36. The molecule has 2 heterocycles. The monoisotopic (exact) mass is 272 g/mol. The number of hydrogen-bond acceptors (Lipinski definition) is 4. The molecule has 2 rings (SSSR count). The minimum atomic E-state index is -0.545. The molecule has 1 amide bonds. The van der Waals surface area contributed by atoms with Crippen molar-refractivity contribution in [3.05, 3.63) is 17.3 Å². The van der Waals surface area contributed by atoms with Crippen molar-refractivity contribution in [3.8, 4) is 0 Å². The van der Waals surface area contributed by atoms with Crippen molar-refractivity contribution >= 4 is 23.3 Å². The number of halogens is 2. The maximum atomic E-state index is 13.7. The van der Waals surface area contributed by atoms with E-state index in [4.69, 9.17) is 17.3 Å². The molecule has 0 radical (unpaired) electrons. The smallest absolute Gasteiger partial charge is 0.224 e. The highest BCUT2D eigenvalue weighted by Gasteiger charge is 2.31. The van der Waals surface area contributed by atoms with Gasteiger partial charge in [-0.15, -0.1) is 0 Å². The second kappa shape index (κ2) is 5.06. The predicted molar refractivity (Wildman–Crippen MR) is 65.7 cm³/mol. The summed E-state index contributed by atoms with van der Waals surface area (Å²) in [5, 5.41) is -0.0141. The Labute approximate surface area is 109 Å². The minimum absolute atomic E-state index is 0.0141. The SMILES string of the molecule is CC1CCC(C(N)=O)CN1c1nc(Cl)ncc1F. The summed E-state index contributed by atoms with van der Waals surface area (Å²) in [4.78, 5) is 20.4. The highest BCUT2D eigenvalue weighted by molar-refractivity contribution is 6.28. The van der Waals surface area contributed by atoms with Crippen LogP contribution in [0.1, 0.15) is 19.8 Å². The fourth-order valence-electron chi connectivity index (χ4n) is 2.17. The van der Waals surface area contributed by atoms with Gasteiger partial charge in [-0.05, 0) is 31.4 Å². The summed E-state index contributed by atoms with van der Waals surface area (Å²) >= 11 is 5.68. The van der Waals surface area contributed by atoms with Gasteiger partial charge in [-0.1, -0.05) is 0 Å². The molecule has 0 bridgehead atoms. The number of piperidine rings is 1. The van der Waals surface area contributed by atoms with Gasteiger partial charge in [0.1, 0.15) is 0 Å². The van der Waals surface area contributed by atoms with E-state index in [2.05, 4.69) is 9.97 Å². The molecule has 0 saturated carbocycles. The molecule has 1 aromatic heterocycles. The van der Waals surface area contributed by atoms with Crippen molar-refractivity contribution in [2.75, 3.05) is 11.4 Å². The summed E-state index contributed by atoms with van der Waals surface area (Å²) in [7, 11) is 0. The molecule has 1 aliphatic heterocycles. The number of hydrogen-bond donors (Lipinski definition) is 1. The third-order valence-electron chi connectivity index (χ3n) is 3.25. The Morgan fingerprint density at radius 3 is 3.00 bits per heavy atom. The molecule has 1 saturated heterocycles. The number of primary amides is 1. The van der Waals surface area contributed by atoms with Crippen LogP contribution in [-0.2, 0) is 4.79 Å². The molecule has 2 atom stereocenters. The lowest BCUT2D eigenvalue weighted by Gasteiger charge is -2.37. The molecule has 5 nitrogen and oxygen atoms in total. The Balaban J connectivity index is 2.29. The van der Waals surface area contributed by atoms with Crippen molar-refractivity contribution in [2.24, 2.45) is 11.7 Å². The lowest BCUT2D eigenvalue weighted by molar-refractivity contribution is -0.122. The van der Waals surface area contributed by atoms with Crippen LogP contribution in [0, 0.1) is 11.7 Å². The maximum Gasteiger partial charge on any atom is 0.224 e. The van der Waals surface area contributed by atoms with Crippen LogP contribution in [0.5, 0.6) is 0 Å². The fraction of sp³-hybridized carbons (Fsp3) is 0.545. The van der Waals surface area contributed by atoms with E-state index in [1.807, 2.05) is 6.92 Å². The number of anilines is 1. The molecule has 98 valence electrons. The third kappa shape index (κ3) is 2.53. The fourth-order valence-corrected chi connectivity index (χ4v) is 2.30. The summed E-state index contributed by atoms with van der Waals surface area (Å²) in [6, 6.07) is 0.0843.